The van der Waals surface area contributed by atoms with Crippen molar-refractivity contribution in [3.8, 4) is 0 Å². The number of hydrogen-bond acceptors (Lipinski definition) is 6. The molecule has 0 saturated heterocycles. The van der Waals surface area contributed by atoms with Gasteiger partial charge in [0.25, 0.3) is 5.69 Å². The molecule has 0 saturated carbocycles. The largest absolute Gasteiger partial charge is 0.468 e. The summed E-state index contributed by atoms with van der Waals surface area (Å²) in [6.07, 6.45) is 0. The third kappa shape index (κ3) is 4.53. The second-order valence-corrected chi connectivity index (χ2v) is 5.13. The molecule has 0 bridgehead atoms. The molecule has 0 heterocycles. The minimum atomic E-state index is -0.451. The van der Waals surface area contributed by atoms with E-state index in [1.54, 1.807) is 12.1 Å². The number of carbonyl (C=O) groups is 1. The Hall–Kier alpha value is -1.60. The Bertz CT molecular complexity index is 448. The van der Waals surface area contributed by atoms with Gasteiger partial charge in [0.15, 0.2) is 0 Å². The van der Waals surface area contributed by atoms with E-state index in [0.717, 1.165) is 4.90 Å². The number of nitrogens with zero attached hydrogens (tertiary/aromatic N) is 1. The fraction of sp³-hybridized carbons (Fsp3) is 0.417. The van der Waals surface area contributed by atoms with E-state index in [1.807, 2.05) is 13.8 Å². The van der Waals surface area contributed by atoms with Crippen LogP contribution < -0.4 is 4.72 Å². The van der Waals surface area contributed by atoms with Crippen LogP contribution in [0.25, 0.3) is 0 Å². The number of ether oxygens (including phenoxy) is 1. The summed E-state index contributed by atoms with van der Waals surface area (Å²) in [6, 6.07) is 5.68. The number of nitro benzene ring substituents is 1. The lowest BCUT2D eigenvalue weighted by Crippen LogP contribution is -2.37. The van der Waals surface area contributed by atoms with Crippen molar-refractivity contribution < 1.29 is 14.5 Å². The first-order chi connectivity index (χ1) is 8.95. The molecule has 0 radical (unpaired) electrons. The first kappa shape index (κ1) is 15.5. The van der Waals surface area contributed by atoms with Crippen LogP contribution in [0.1, 0.15) is 13.8 Å². The van der Waals surface area contributed by atoms with E-state index in [2.05, 4.69) is 4.72 Å². The van der Waals surface area contributed by atoms with Gasteiger partial charge in [-0.3, -0.25) is 14.9 Å². The average molecular weight is 284 g/mol. The number of esters is 1. The Labute approximate surface area is 115 Å². The standard InChI is InChI=1S/C12H16N2O4S/c1-8(2)11(12(15)18-3)13-19-10-6-4-9(5-7-10)14(16)17/h4-8,11,13H,1-3H3/t11-/m0/s1. The Balaban J connectivity index is 2.64. The zero-order valence-corrected chi connectivity index (χ0v) is 11.8. The van der Waals surface area contributed by atoms with Crippen molar-refractivity contribution in [1.29, 1.82) is 0 Å². The number of methoxy groups -OCH3 is 1. The molecule has 0 aliphatic heterocycles. The normalized spacial score (nSPS) is 12.2. The van der Waals surface area contributed by atoms with Gasteiger partial charge in [-0.05, 0) is 30.0 Å². The molecule has 6 nitrogen and oxygen atoms in total. The molecule has 104 valence electrons. The summed E-state index contributed by atoms with van der Waals surface area (Å²) in [7, 11) is 1.34. The topological polar surface area (TPSA) is 81.5 Å². The van der Waals surface area contributed by atoms with Gasteiger partial charge in [0.2, 0.25) is 0 Å². The van der Waals surface area contributed by atoms with Gasteiger partial charge in [-0.25, -0.2) is 4.72 Å². The van der Waals surface area contributed by atoms with Gasteiger partial charge in [-0.2, -0.15) is 0 Å². The van der Waals surface area contributed by atoms with Crippen LogP contribution in [-0.4, -0.2) is 24.0 Å². The number of non-ortho nitro benzene ring substituents is 1. The molecule has 1 rings (SSSR count). The minimum Gasteiger partial charge on any atom is -0.468 e. The number of nitrogens with one attached hydrogen (secondary N) is 1. The van der Waals surface area contributed by atoms with Gasteiger partial charge in [0, 0.05) is 17.0 Å². The van der Waals surface area contributed by atoms with Crippen molar-refractivity contribution in [3.63, 3.8) is 0 Å². The quantitative estimate of drug-likeness (QED) is 0.374. The van der Waals surface area contributed by atoms with Crippen molar-refractivity contribution in [2.75, 3.05) is 7.11 Å². The maximum absolute atomic E-state index is 11.5. The molecule has 0 unspecified atom stereocenters. The number of rotatable bonds is 6. The summed E-state index contributed by atoms with van der Waals surface area (Å²) in [6.45, 7) is 3.82. The van der Waals surface area contributed by atoms with Gasteiger partial charge in [-0.1, -0.05) is 13.8 Å². The highest BCUT2D eigenvalue weighted by molar-refractivity contribution is 7.97. The highest BCUT2D eigenvalue weighted by Gasteiger charge is 2.22. The molecule has 0 spiro atoms. The smallest absolute Gasteiger partial charge is 0.323 e. The van der Waals surface area contributed by atoms with E-state index in [1.165, 1.54) is 31.2 Å². The molecule has 0 amide bonds. The van der Waals surface area contributed by atoms with Crippen LogP contribution in [0.4, 0.5) is 5.69 Å². The molecule has 1 N–H and O–H groups in total. The van der Waals surface area contributed by atoms with E-state index >= 15 is 0 Å². The Kier molecular flexibility index (Phi) is 5.78. The van der Waals surface area contributed by atoms with Crippen LogP contribution in [0.2, 0.25) is 0 Å². The lowest BCUT2D eigenvalue weighted by atomic mass is 10.1. The molecule has 1 aromatic rings. The second-order valence-electron chi connectivity index (χ2n) is 4.22. The predicted molar refractivity (Wildman–Crippen MR) is 72.7 cm³/mol. The summed E-state index contributed by atoms with van der Waals surface area (Å²) < 4.78 is 7.72. The van der Waals surface area contributed by atoms with Crippen LogP contribution in [0, 0.1) is 16.0 Å². The fourth-order valence-electron chi connectivity index (χ4n) is 1.35. The summed E-state index contributed by atoms with van der Waals surface area (Å²) in [5.41, 5.74) is 0.0396. The van der Waals surface area contributed by atoms with Crippen LogP contribution >= 0.6 is 11.9 Å². The summed E-state index contributed by atoms with van der Waals surface area (Å²) in [5.74, 6) is -0.248. The highest BCUT2D eigenvalue weighted by atomic mass is 32.2. The van der Waals surface area contributed by atoms with Gasteiger partial charge in [0.1, 0.15) is 6.04 Å². The first-order valence-electron chi connectivity index (χ1n) is 5.70. The third-order valence-corrected chi connectivity index (χ3v) is 3.35. The van der Waals surface area contributed by atoms with Crippen molar-refractivity contribution in [2.24, 2.45) is 5.92 Å². The molecular weight excluding hydrogens is 268 g/mol. The lowest BCUT2D eigenvalue weighted by molar-refractivity contribution is -0.384. The van der Waals surface area contributed by atoms with Gasteiger partial charge in [-0.15, -0.1) is 0 Å². The van der Waals surface area contributed by atoms with E-state index < -0.39 is 11.0 Å². The summed E-state index contributed by atoms with van der Waals surface area (Å²) in [5, 5.41) is 10.5. The van der Waals surface area contributed by atoms with Crippen molar-refractivity contribution in [2.45, 2.75) is 24.8 Å². The molecule has 0 aliphatic rings. The highest BCUT2D eigenvalue weighted by Crippen LogP contribution is 2.20. The molecule has 0 aromatic heterocycles. The molecule has 19 heavy (non-hydrogen) atoms. The fourth-order valence-corrected chi connectivity index (χ4v) is 2.25. The van der Waals surface area contributed by atoms with Crippen LogP contribution in [0.15, 0.2) is 29.2 Å². The Morgan fingerprint density at radius 1 is 1.37 bits per heavy atom. The molecule has 0 fully saturated rings. The van der Waals surface area contributed by atoms with Crippen LogP contribution in [0.5, 0.6) is 0 Å². The summed E-state index contributed by atoms with van der Waals surface area (Å²) in [4.78, 5) is 22.4. The second kappa shape index (κ2) is 7.10. The maximum Gasteiger partial charge on any atom is 0.323 e. The van der Waals surface area contributed by atoms with E-state index in [-0.39, 0.29) is 17.6 Å². The van der Waals surface area contributed by atoms with Crippen molar-refractivity contribution in [3.05, 3.63) is 34.4 Å². The molecule has 7 heteroatoms. The Morgan fingerprint density at radius 2 is 1.95 bits per heavy atom. The molecule has 1 atom stereocenters. The number of carbonyl (C=O) groups excluding carboxylic acids is 1. The maximum atomic E-state index is 11.5. The number of benzene rings is 1. The van der Waals surface area contributed by atoms with E-state index in [0.29, 0.717) is 0 Å². The minimum absolute atomic E-state index is 0.0396. The van der Waals surface area contributed by atoms with E-state index in [4.69, 9.17) is 4.74 Å². The van der Waals surface area contributed by atoms with Crippen LogP contribution in [-0.2, 0) is 9.53 Å². The number of hydrogen-bond donors (Lipinski definition) is 1. The molecular formula is C12H16N2O4S. The SMILES string of the molecule is COC(=O)[C@@H](NSc1ccc([N+](=O)[O-])cc1)C(C)C. The van der Waals surface area contributed by atoms with Gasteiger partial charge < -0.3 is 4.74 Å². The Morgan fingerprint density at radius 3 is 2.37 bits per heavy atom. The van der Waals surface area contributed by atoms with Gasteiger partial charge >= 0.3 is 5.97 Å². The zero-order valence-electron chi connectivity index (χ0n) is 11.0. The zero-order chi connectivity index (χ0) is 14.4. The van der Waals surface area contributed by atoms with E-state index in [9.17, 15) is 14.9 Å². The van der Waals surface area contributed by atoms with Crippen LogP contribution in [0.3, 0.4) is 0 Å². The third-order valence-electron chi connectivity index (χ3n) is 2.47. The van der Waals surface area contributed by atoms with Gasteiger partial charge in [0.05, 0.1) is 12.0 Å². The first-order valence-corrected chi connectivity index (χ1v) is 6.52. The monoisotopic (exact) mass is 284 g/mol. The van der Waals surface area contributed by atoms with Crippen molar-refractivity contribution >= 4 is 23.6 Å². The van der Waals surface area contributed by atoms with Crippen molar-refractivity contribution in [1.82, 2.24) is 4.72 Å². The predicted octanol–water partition coefficient (Wildman–Crippen LogP) is 2.39. The summed E-state index contributed by atoms with van der Waals surface area (Å²) >= 11 is 1.25. The average Bonchev–Trinajstić information content (AvgIpc) is 2.38. The number of nitro groups is 1. The molecule has 1 aromatic carbocycles. The molecule has 0 aliphatic carbocycles. The lowest BCUT2D eigenvalue weighted by Gasteiger charge is -2.18.